The van der Waals surface area contributed by atoms with Crippen LogP contribution in [0.5, 0.6) is 0 Å². The molecule has 1 saturated heterocycles. The minimum absolute atomic E-state index is 0.476. The highest BCUT2D eigenvalue weighted by Gasteiger charge is 2.28. The van der Waals surface area contributed by atoms with Crippen molar-refractivity contribution < 1.29 is 0 Å². The number of halogens is 1. The molecule has 1 atom stereocenters. The third-order valence-electron chi connectivity index (χ3n) is 4.46. The largest absolute Gasteiger partial charge is 0.356 e. The van der Waals surface area contributed by atoms with Crippen molar-refractivity contribution in [2.75, 3.05) is 18.0 Å². The van der Waals surface area contributed by atoms with E-state index >= 15 is 0 Å². The predicted octanol–water partition coefficient (Wildman–Crippen LogP) is 2.77. The molecule has 2 aromatic rings. The summed E-state index contributed by atoms with van der Waals surface area (Å²) >= 11 is 3.44. The van der Waals surface area contributed by atoms with E-state index in [9.17, 15) is 0 Å². The van der Waals surface area contributed by atoms with Gasteiger partial charge in [-0.2, -0.15) is 0 Å². The van der Waals surface area contributed by atoms with E-state index in [0.29, 0.717) is 5.92 Å². The Kier molecular flexibility index (Phi) is 3.41. The smallest absolute Gasteiger partial charge is 0.137 e. The number of piperidine rings is 1. The Morgan fingerprint density at radius 3 is 2.95 bits per heavy atom. The molecule has 0 N–H and O–H groups in total. The maximum atomic E-state index is 4.53. The molecule has 5 nitrogen and oxygen atoms in total. The lowest BCUT2D eigenvalue weighted by Gasteiger charge is -2.33. The fourth-order valence-corrected chi connectivity index (χ4v) is 3.66. The molecule has 2 aliphatic rings. The summed E-state index contributed by atoms with van der Waals surface area (Å²) in [6.45, 7) is 3.16. The molecule has 0 bridgehead atoms. The average Bonchev–Trinajstić information content (AvgIpc) is 3.11. The van der Waals surface area contributed by atoms with Gasteiger partial charge in [-0.25, -0.2) is 4.98 Å². The van der Waals surface area contributed by atoms with E-state index in [2.05, 4.69) is 52.7 Å². The first-order valence-corrected chi connectivity index (χ1v) is 8.39. The summed E-state index contributed by atoms with van der Waals surface area (Å²) in [5.41, 5.74) is 0. The van der Waals surface area contributed by atoms with E-state index in [1.807, 2.05) is 6.20 Å². The van der Waals surface area contributed by atoms with Gasteiger partial charge in [0, 0.05) is 42.6 Å². The number of nitrogens with zero attached hydrogens (tertiary/aromatic N) is 5. The maximum Gasteiger partial charge on any atom is 0.137 e. The third-order valence-corrected chi connectivity index (χ3v) is 4.93. The number of anilines is 1. The number of aryl methyl sites for hydroxylation is 1. The maximum absolute atomic E-state index is 4.53. The lowest BCUT2D eigenvalue weighted by atomic mass is 9.97. The molecule has 0 saturated carbocycles. The Morgan fingerprint density at radius 2 is 2.10 bits per heavy atom. The molecule has 6 heteroatoms. The molecule has 1 unspecified atom stereocenters. The summed E-state index contributed by atoms with van der Waals surface area (Å²) < 4.78 is 3.36. The molecule has 4 rings (SSSR count). The van der Waals surface area contributed by atoms with Crippen LogP contribution in [0.1, 0.15) is 36.8 Å². The monoisotopic (exact) mass is 347 g/mol. The summed E-state index contributed by atoms with van der Waals surface area (Å²) in [5, 5.41) is 8.82. The molecular weight excluding hydrogens is 330 g/mol. The first-order valence-electron chi connectivity index (χ1n) is 7.60. The van der Waals surface area contributed by atoms with Gasteiger partial charge in [-0.3, -0.25) is 0 Å². The molecule has 2 aromatic heterocycles. The number of fused-ring (bicyclic) bond motifs is 1. The van der Waals surface area contributed by atoms with Crippen LogP contribution in [-0.4, -0.2) is 32.8 Å². The fourth-order valence-electron chi connectivity index (χ4n) is 3.43. The standard InChI is InChI=1S/C15H18BrN5/c16-12-5-6-13(17-9-12)20-7-1-3-11(10-20)15-19-18-14-4-2-8-21(14)15/h5-6,9,11H,1-4,7-8,10H2. The van der Waals surface area contributed by atoms with Crippen LogP contribution in [0.4, 0.5) is 5.82 Å². The number of hydrogen-bond donors (Lipinski definition) is 0. The van der Waals surface area contributed by atoms with Gasteiger partial charge in [0.2, 0.25) is 0 Å². The fraction of sp³-hybridized carbons (Fsp3) is 0.533. The van der Waals surface area contributed by atoms with Crippen LogP contribution in [0, 0.1) is 0 Å². The quantitative estimate of drug-likeness (QED) is 0.837. The van der Waals surface area contributed by atoms with Crippen LogP contribution in [0.3, 0.4) is 0 Å². The van der Waals surface area contributed by atoms with E-state index in [0.717, 1.165) is 36.3 Å². The van der Waals surface area contributed by atoms with Crippen LogP contribution in [0.15, 0.2) is 22.8 Å². The number of aromatic nitrogens is 4. The Labute approximate surface area is 132 Å². The first-order chi connectivity index (χ1) is 10.3. The number of pyridine rings is 1. The molecule has 0 aliphatic carbocycles. The van der Waals surface area contributed by atoms with Gasteiger partial charge in [0.05, 0.1) is 0 Å². The zero-order chi connectivity index (χ0) is 14.2. The molecular formula is C15H18BrN5. The second-order valence-corrected chi connectivity index (χ2v) is 6.77. The second kappa shape index (κ2) is 5.40. The van der Waals surface area contributed by atoms with E-state index in [1.165, 1.54) is 30.9 Å². The van der Waals surface area contributed by atoms with Crippen LogP contribution < -0.4 is 4.90 Å². The molecule has 21 heavy (non-hydrogen) atoms. The van der Waals surface area contributed by atoms with Crippen molar-refractivity contribution in [2.24, 2.45) is 0 Å². The van der Waals surface area contributed by atoms with Gasteiger partial charge in [-0.05, 0) is 47.3 Å². The van der Waals surface area contributed by atoms with Crippen LogP contribution in [-0.2, 0) is 13.0 Å². The first kappa shape index (κ1) is 13.2. The van der Waals surface area contributed by atoms with Gasteiger partial charge < -0.3 is 9.47 Å². The average molecular weight is 348 g/mol. The van der Waals surface area contributed by atoms with Crippen LogP contribution >= 0.6 is 15.9 Å². The highest BCUT2D eigenvalue weighted by molar-refractivity contribution is 9.10. The predicted molar refractivity (Wildman–Crippen MR) is 84.5 cm³/mol. The van der Waals surface area contributed by atoms with E-state index in [1.54, 1.807) is 0 Å². The molecule has 0 amide bonds. The number of rotatable bonds is 2. The highest BCUT2D eigenvalue weighted by atomic mass is 79.9. The van der Waals surface area contributed by atoms with Gasteiger partial charge >= 0.3 is 0 Å². The summed E-state index contributed by atoms with van der Waals surface area (Å²) in [4.78, 5) is 6.90. The lowest BCUT2D eigenvalue weighted by molar-refractivity contribution is 0.471. The summed E-state index contributed by atoms with van der Waals surface area (Å²) in [6, 6.07) is 4.14. The van der Waals surface area contributed by atoms with Crippen molar-refractivity contribution >= 4 is 21.7 Å². The molecule has 0 spiro atoms. The third kappa shape index (κ3) is 2.46. The Hall–Kier alpha value is -1.43. The van der Waals surface area contributed by atoms with Crippen molar-refractivity contribution in [3.63, 3.8) is 0 Å². The summed E-state index contributed by atoms with van der Waals surface area (Å²) in [6.07, 6.45) is 6.55. The van der Waals surface area contributed by atoms with Crippen LogP contribution in [0.25, 0.3) is 0 Å². The topological polar surface area (TPSA) is 46.8 Å². The molecule has 0 radical (unpaired) electrons. The van der Waals surface area contributed by atoms with Gasteiger partial charge in [-0.15, -0.1) is 10.2 Å². The molecule has 1 fully saturated rings. The number of hydrogen-bond acceptors (Lipinski definition) is 4. The van der Waals surface area contributed by atoms with Crippen molar-refractivity contribution in [1.82, 2.24) is 19.7 Å². The minimum Gasteiger partial charge on any atom is -0.356 e. The SMILES string of the molecule is Brc1ccc(N2CCCC(c3nnc4n3CCC4)C2)nc1. The highest BCUT2D eigenvalue weighted by Crippen LogP contribution is 2.30. The molecule has 110 valence electrons. The van der Waals surface area contributed by atoms with Gasteiger partial charge in [0.15, 0.2) is 0 Å². The van der Waals surface area contributed by atoms with E-state index in [-0.39, 0.29) is 0 Å². The van der Waals surface area contributed by atoms with E-state index < -0.39 is 0 Å². The van der Waals surface area contributed by atoms with Gasteiger partial charge in [0.1, 0.15) is 17.5 Å². The summed E-state index contributed by atoms with van der Waals surface area (Å²) in [7, 11) is 0. The van der Waals surface area contributed by atoms with Crippen LogP contribution in [0.2, 0.25) is 0 Å². The van der Waals surface area contributed by atoms with Crippen molar-refractivity contribution in [2.45, 2.75) is 38.1 Å². The Morgan fingerprint density at radius 1 is 1.14 bits per heavy atom. The second-order valence-electron chi connectivity index (χ2n) is 5.85. The van der Waals surface area contributed by atoms with Crippen molar-refractivity contribution in [3.8, 4) is 0 Å². The normalized spacial score (nSPS) is 21.6. The van der Waals surface area contributed by atoms with Gasteiger partial charge in [0.25, 0.3) is 0 Å². The zero-order valence-electron chi connectivity index (χ0n) is 11.9. The van der Waals surface area contributed by atoms with Crippen molar-refractivity contribution in [3.05, 3.63) is 34.5 Å². The minimum atomic E-state index is 0.476. The van der Waals surface area contributed by atoms with Crippen molar-refractivity contribution in [1.29, 1.82) is 0 Å². The molecule has 0 aromatic carbocycles. The Bertz CT molecular complexity index is 636. The zero-order valence-corrected chi connectivity index (χ0v) is 13.5. The molecule has 2 aliphatic heterocycles. The Balaban J connectivity index is 1.56. The summed E-state index contributed by atoms with van der Waals surface area (Å²) in [5.74, 6) is 3.89. The van der Waals surface area contributed by atoms with Gasteiger partial charge in [-0.1, -0.05) is 0 Å². The lowest BCUT2D eigenvalue weighted by Crippen LogP contribution is -2.35. The van der Waals surface area contributed by atoms with E-state index in [4.69, 9.17) is 0 Å². The molecule has 4 heterocycles.